The van der Waals surface area contributed by atoms with Crippen molar-refractivity contribution >= 4 is 11.8 Å². The van der Waals surface area contributed by atoms with Crippen LogP contribution in [0.3, 0.4) is 0 Å². The maximum atomic E-state index is 3.91. The van der Waals surface area contributed by atoms with Gasteiger partial charge in [-0.1, -0.05) is 24.8 Å². The highest BCUT2D eigenvalue weighted by molar-refractivity contribution is 7.99. The number of hydrogen-bond donors (Lipinski definition) is 0. The molecule has 0 saturated carbocycles. The summed E-state index contributed by atoms with van der Waals surface area (Å²) in [6.45, 7) is 11.3. The van der Waals surface area contributed by atoms with Crippen molar-refractivity contribution in [1.82, 2.24) is 4.90 Å². The predicted molar refractivity (Wildman–Crippen MR) is 57.7 cm³/mol. The van der Waals surface area contributed by atoms with E-state index >= 15 is 0 Å². The molecule has 0 amide bonds. The Hall–Kier alpha value is -0.210. The molecule has 68 valence electrons. The molecule has 1 aliphatic heterocycles. The van der Waals surface area contributed by atoms with Gasteiger partial charge in [-0.25, -0.2) is 0 Å². The lowest BCUT2D eigenvalue weighted by atomic mass is 10.2. The monoisotopic (exact) mass is 183 g/mol. The summed E-state index contributed by atoms with van der Waals surface area (Å²) in [6, 6.07) is 0. The molecule has 1 rings (SSSR count). The molecule has 0 N–H and O–H groups in total. The molecule has 0 aromatic rings. The Bertz CT molecular complexity index is 159. The zero-order chi connectivity index (χ0) is 8.81. The molecule has 2 heteroatoms. The van der Waals surface area contributed by atoms with Crippen molar-refractivity contribution in [2.24, 2.45) is 0 Å². The first-order valence-electron chi connectivity index (χ1n) is 4.43. The molecule has 1 heterocycles. The molecule has 1 fully saturated rings. The Labute approximate surface area is 79.5 Å². The van der Waals surface area contributed by atoms with E-state index in [0.717, 1.165) is 18.5 Å². The first kappa shape index (κ1) is 9.87. The molecule has 0 aliphatic carbocycles. The molecule has 0 radical (unpaired) electrons. The molecule has 1 aliphatic rings. The molecule has 1 saturated heterocycles. The third kappa shape index (κ3) is 3.46. The predicted octanol–water partition coefficient (Wildman–Crippen LogP) is 2.17. The highest BCUT2D eigenvalue weighted by atomic mass is 32.2. The summed E-state index contributed by atoms with van der Waals surface area (Å²) in [5.74, 6) is 2.58. The fraction of sp³-hybridized carbons (Fsp3) is 0.600. The van der Waals surface area contributed by atoms with Crippen LogP contribution in [0, 0.1) is 0 Å². The van der Waals surface area contributed by atoms with E-state index in [1.54, 1.807) is 0 Å². The molecule has 0 atom stereocenters. The van der Waals surface area contributed by atoms with Gasteiger partial charge in [-0.05, 0) is 6.42 Å². The number of rotatable bonds is 4. The normalized spacial score (nSPS) is 19.0. The number of hydrogen-bond acceptors (Lipinski definition) is 2. The minimum Gasteiger partial charge on any atom is -0.301 e. The molecule has 0 spiro atoms. The maximum Gasteiger partial charge on any atom is 0.00728 e. The summed E-state index contributed by atoms with van der Waals surface area (Å²) in [5, 5.41) is 0. The number of nitrogens with zero attached hydrogens (tertiary/aromatic N) is 1. The summed E-state index contributed by atoms with van der Waals surface area (Å²) >= 11 is 2.05. The Morgan fingerprint density at radius 3 is 2.67 bits per heavy atom. The summed E-state index contributed by atoms with van der Waals surface area (Å²) in [6.07, 6.45) is 2.94. The van der Waals surface area contributed by atoms with E-state index in [2.05, 4.69) is 29.8 Å². The van der Waals surface area contributed by atoms with Crippen molar-refractivity contribution in [1.29, 1.82) is 0 Å². The van der Waals surface area contributed by atoms with Gasteiger partial charge in [0.25, 0.3) is 0 Å². The molecule has 0 aromatic carbocycles. The Morgan fingerprint density at radius 1 is 1.42 bits per heavy atom. The summed E-state index contributed by atoms with van der Waals surface area (Å²) < 4.78 is 0. The van der Waals surface area contributed by atoms with Crippen LogP contribution in [0.1, 0.15) is 6.42 Å². The second kappa shape index (κ2) is 5.44. The first-order valence-corrected chi connectivity index (χ1v) is 5.58. The topological polar surface area (TPSA) is 3.24 Å². The standard InChI is InChI=1S/C10H17NS/c1-3-10(2)4-5-11-6-8-12-9-7-11/h3H,1-2,4-9H2. The average Bonchev–Trinajstić information content (AvgIpc) is 2.16. The van der Waals surface area contributed by atoms with Crippen LogP contribution in [0.2, 0.25) is 0 Å². The van der Waals surface area contributed by atoms with Crippen LogP contribution in [-0.4, -0.2) is 36.0 Å². The lowest BCUT2D eigenvalue weighted by Gasteiger charge is -2.25. The van der Waals surface area contributed by atoms with Crippen molar-refractivity contribution in [2.45, 2.75) is 6.42 Å². The van der Waals surface area contributed by atoms with E-state index in [4.69, 9.17) is 0 Å². The summed E-state index contributed by atoms with van der Waals surface area (Å²) in [5.41, 5.74) is 1.16. The molecular weight excluding hydrogens is 166 g/mol. The first-order chi connectivity index (χ1) is 5.83. The Morgan fingerprint density at radius 2 is 2.08 bits per heavy atom. The van der Waals surface area contributed by atoms with Gasteiger partial charge in [-0.3, -0.25) is 0 Å². The zero-order valence-electron chi connectivity index (χ0n) is 7.59. The van der Waals surface area contributed by atoms with E-state index in [-0.39, 0.29) is 0 Å². The van der Waals surface area contributed by atoms with Crippen LogP contribution in [0.15, 0.2) is 24.8 Å². The molecule has 0 unspecified atom stereocenters. The third-order valence-corrected chi connectivity index (χ3v) is 3.08. The minimum atomic E-state index is 1.08. The van der Waals surface area contributed by atoms with Crippen LogP contribution < -0.4 is 0 Å². The highest BCUT2D eigenvalue weighted by Crippen LogP contribution is 2.10. The molecule has 12 heavy (non-hydrogen) atoms. The number of allylic oxidation sites excluding steroid dienone is 1. The van der Waals surface area contributed by atoms with E-state index in [1.807, 2.05) is 6.08 Å². The minimum absolute atomic E-state index is 1.08. The van der Waals surface area contributed by atoms with Gasteiger partial charge >= 0.3 is 0 Å². The molecule has 1 nitrogen and oxygen atoms in total. The largest absolute Gasteiger partial charge is 0.301 e. The van der Waals surface area contributed by atoms with Crippen LogP contribution in [0.4, 0.5) is 0 Å². The van der Waals surface area contributed by atoms with Crippen LogP contribution in [0.25, 0.3) is 0 Å². The van der Waals surface area contributed by atoms with Gasteiger partial charge < -0.3 is 4.90 Å². The Kier molecular flexibility index (Phi) is 4.48. The lowest BCUT2D eigenvalue weighted by molar-refractivity contribution is 0.307. The second-order valence-electron chi connectivity index (χ2n) is 3.07. The smallest absolute Gasteiger partial charge is 0.00728 e. The fourth-order valence-electron chi connectivity index (χ4n) is 1.23. The van der Waals surface area contributed by atoms with Gasteiger partial charge in [0.15, 0.2) is 0 Å². The van der Waals surface area contributed by atoms with Gasteiger partial charge in [0.1, 0.15) is 0 Å². The Balaban J connectivity index is 2.12. The zero-order valence-corrected chi connectivity index (χ0v) is 8.41. The van der Waals surface area contributed by atoms with Gasteiger partial charge in [-0.2, -0.15) is 11.8 Å². The van der Waals surface area contributed by atoms with E-state index in [1.165, 1.54) is 24.6 Å². The van der Waals surface area contributed by atoms with Gasteiger partial charge in [0.05, 0.1) is 0 Å². The van der Waals surface area contributed by atoms with Crippen molar-refractivity contribution < 1.29 is 0 Å². The van der Waals surface area contributed by atoms with Crippen molar-refractivity contribution in [2.75, 3.05) is 31.1 Å². The average molecular weight is 183 g/mol. The molecule has 0 aromatic heterocycles. The van der Waals surface area contributed by atoms with Crippen LogP contribution in [0.5, 0.6) is 0 Å². The van der Waals surface area contributed by atoms with Crippen LogP contribution in [-0.2, 0) is 0 Å². The van der Waals surface area contributed by atoms with E-state index in [9.17, 15) is 0 Å². The van der Waals surface area contributed by atoms with Crippen molar-refractivity contribution in [3.8, 4) is 0 Å². The van der Waals surface area contributed by atoms with E-state index in [0.29, 0.717) is 0 Å². The van der Waals surface area contributed by atoms with Crippen LogP contribution >= 0.6 is 11.8 Å². The third-order valence-electron chi connectivity index (χ3n) is 2.14. The second-order valence-corrected chi connectivity index (χ2v) is 4.29. The SMILES string of the molecule is C=CC(=C)CCN1CCSCC1. The van der Waals surface area contributed by atoms with Gasteiger partial charge in [-0.15, -0.1) is 0 Å². The van der Waals surface area contributed by atoms with Gasteiger partial charge in [0.2, 0.25) is 0 Å². The molecular formula is C10H17NS. The fourth-order valence-corrected chi connectivity index (χ4v) is 2.21. The lowest BCUT2D eigenvalue weighted by Crippen LogP contribution is -2.33. The maximum absolute atomic E-state index is 3.91. The molecule has 0 bridgehead atoms. The number of thioether (sulfide) groups is 1. The summed E-state index contributed by atoms with van der Waals surface area (Å²) in [4.78, 5) is 2.51. The van der Waals surface area contributed by atoms with Crippen molar-refractivity contribution in [3.63, 3.8) is 0 Å². The van der Waals surface area contributed by atoms with Crippen molar-refractivity contribution in [3.05, 3.63) is 24.8 Å². The van der Waals surface area contributed by atoms with Gasteiger partial charge in [0, 0.05) is 31.1 Å². The summed E-state index contributed by atoms with van der Waals surface area (Å²) in [7, 11) is 0. The quantitative estimate of drug-likeness (QED) is 0.615. The highest BCUT2D eigenvalue weighted by Gasteiger charge is 2.08. The van der Waals surface area contributed by atoms with E-state index < -0.39 is 0 Å².